The van der Waals surface area contributed by atoms with Gasteiger partial charge in [-0.15, -0.1) is 0 Å². The molecule has 0 fully saturated rings. The van der Waals surface area contributed by atoms with Crippen molar-refractivity contribution in [2.45, 2.75) is 34.1 Å². The molecule has 0 spiro atoms. The van der Waals surface area contributed by atoms with E-state index >= 15 is 0 Å². The van der Waals surface area contributed by atoms with Crippen LogP contribution in [0.2, 0.25) is 5.02 Å². The molecule has 0 aliphatic carbocycles. The maximum atomic E-state index is 11.8. The van der Waals surface area contributed by atoms with E-state index in [1.165, 1.54) is 12.1 Å². The topological polar surface area (TPSA) is 49.3 Å². The Morgan fingerprint density at radius 1 is 1.44 bits per heavy atom. The van der Waals surface area contributed by atoms with E-state index in [1.807, 2.05) is 0 Å². The van der Waals surface area contributed by atoms with E-state index in [2.05, 4.69) is 33.0 Å². The first-order valence-corrected chi connectivity index (χ1v) is 6.36. The number of hydrogen-bond donors (Lipinski definition) is 2. The Kier molecular flexibility index (Phi) is 4.63. The largest absolute Gasteiger partial charge is 0.506 e. The molecule has 1 amide bonds. The van der Waals surface area contributed by atoms with Crippen molar-refractivity contribution in [2.75, 3.05) is 5.32 Å². The monoisotopic (exact) mass is 269 g/mol. The molecule has 0 radical (unpaired) electrons. The summed E-state index contributed by atoms with van der Waals surface area (Å²) in [4.78, 5) is 11.8. The first-order valence-electron chi connectivity index (χ1n) is 5.98. The summed E-state index contributed by atoms with van der Waals surface area (Å²) in [6.45, 7) is 8.40. The molecule has 3 nitrogen and oxygen atoms in total. The summed E-state index contributed by atoms with van der Waals surface area (Å²) in [5.41, 5.74) is 0.702. The number of aromatic hydroxyl groups is 1. The fourth-order valence-electron chi connectivity index (χ4n) is 1.38. The second-order valence-electron chi connectivity index (χ2n) is 5.69. The van der Waals surface area contributed by atoms with Gasteiger partial charge >= 0.3 is 0 Å². The molecule has 2 N–H and O–H groups in total. The Labute approximate surface area is 113 Å². The predicted octanol–water partition coefficient (Wildman–Crippen LogP) is 4.06. The molecule has 0 aliphatic heterocycles. The minimum absolute atomic E-state index is 0.0118. The van der Waals surface area contributed by atoms with Crippen LogP contribution in [0, 0.1) is 11.3 Å². The fraction of sp³-hybridized carbons (Fsp3) is 0.500. The van der Waals surface area contributed by atoms with Crippen LogP contribution >= 0.6 is 11.6 Å². The Morgan fingerprint density at radius 3 is 2.56 bits per heavy atom. The molecule has 1 rings (SSSR count). The van der Waals surface area contributed by atoms with Crippen molar-refractivity contribution < 1.29 is 9.90 Å². The summed E-state index contributed by atoms with van der Waals surface area (Å²) < 4.78 is 0. The molecular formula is C14H20ClNO2. The lowest BCUT2D eigenvalue weighted by Crippen LogP contribution is -2.23. The number of carbonyl (C=O) groups is 1. The fourth-order valence-corrected chi connectivity index (χ4v) is 1.56. The number of rotatable bonds is 3. The van der Waals surface area contributed by atoms with Crippen molar-refractivity contribution in [3.63, 3.8) is 0 Å². The Balaban J connectivity index is 2.62. The zero-order chi connectivity index (χ0) is 13.9. The van der Waals surface area contributed by atoms with E-state index in [4.69, 9.17) is 11.6 Å². The number of amides is 1. The summed E-state index contributed by atoms with van der Waals surface area (Å²) in [7, 11) is 0. The summed E-state index contributed by atoms with van der Waals surface area (Å²) >= 11 is 5.77. The lowest BCUT2D eigenvalue weighted by atomic mass is 9.80. The molecule has 0 aromatic heterocycles. The Hall–Kier alpha value is -1.22. The van der Waals surface area contributed by atoms with Gasteiger partial charge in [-0.05, 0) is 29.5 Å². The van der Waals surface area contributed by atoms with Crippen LogP contribution in [-0.4, -0.2) is 11.0 Å². The zero-order valence-electron chi connectivity index (χ0n) is 11.2. The van der Waals surface area contributed by atoms with Gasteiger partial charge < -0.3 is 10.4 Å². The molecule has 0 aliphatic rings. The van der Waals surface area contributed by atoms with E-state index in [9.17, 15) is 9.90 Å². The highest BCUT2D eigenvalue weighted by Gasteiger charge is 2.22. The van der Waals surface area contributed by atoms with Gasteiger partial charge in [0.1, 0.15) is 5.75 Å². The molecule has 0 saturated carbocycles. The normalized spacial score (nSPS) is 13.2. The van der Waals surface area contributed by atoms with E-state index in [1.54, 1.807) is 6.07 Å². The molecule has 100 valence electrons. The minimum Gasteiger partial charge on any atom is -0.506 e. The van der Waals surface area contributed by atoms with Crippen LogP contribution in [0.3, 0.4) is 0 Å². The average molecular weight is 270 g/mol. The number of phenols is 1. The third-order valence-corrected chi connectivity index (χ3v) is 3.50. The Bertz CT molecular complexity index is 438. The number of benzene rings is 1. The maximum absolute atomic E-state index is 11.8. The van der Waals surface area contributed by atoms with E-state index in [0.717, 1.165) is 0 Å². The van der Waals surface area contributed by atoms with Gasteiger partial charge in [-0.2, -0.15) is 0 Å². The standard InChI is InChI=1S/C14H20ClNO2/c1-9(14(2,3)4)7-13(18)16-10-5-6-12(17)11(15)8-10/h5-6,8-9,17H,7H2,1-4H3,(H,16,18). The van der Waals surface area contributed by atoms with Gasteiger partial charge in [0.05, 0.1) is 5.02 Å². The van der Waals surface area contributed by atoms with Gasteiger partial charge in [0.25, 0.3) is 0 Å². The van der Waals surface area contributed by atoms with E-state index in [-0.39, 0.29) is 28.0 Å². The number of anilines is 1. The number of halogens is 1. The molecule has 1 unspecified atom stereocenters. The second-order valence-corrected chi connectivity index (χ2v) is 6.09. The van der Waals surface area contributed by atoms with Crippen molar-refractivity contribution in [3.8, 4) is 5.75 Å². The number of hydrogen-bond acceptors (Lipinski definition) is 2. The van der Waals surface area contributed by atoms with Gasteiger partial charge in [-0.1, -0.05) is 39.3 Å². The smallest absolute Gasteiger partial charge is 0.224 e. The third-order valence-electron chi connectivity index (χ3n) is 3.20. The number of phenolic OH excluding ortho intramolecular Hbond substituents is 1. The molecule has 4 heteroatoms. The number of carbonyl (C=O) groups excluding carboxylic acids is 1. The summed E-state index contributed by atoms with van der Waals surface area (Å²) in [5.74, 6) is 0.252. The van der Waals surface area contributed by atoms with Crippen molar-refractivity contribution in [3.05, 3.63) is 23.2 Å². The van der Waals surface area contributed by atoms with Crippen molar-refractivity contribution in [1.82, 2.24) is 0 Å². The first kappa shape index (κ1) is 14.8. The molecular weight excluding hydrogens is 250 g/mol. The van der Waals surface area contributed by atoms with Crippen LogP contribution in [0.1, 0.15) is 34.1 Å². The average Bonchev–Trinajstić information content (AvgIpc) is 2.22. The Morgan fingerprint density at radius 2 is 2.06 bits per heavy atom. The van der Waals surface area contributed by atoms with E-state index < -0.39 is 0 Å². The lowest BCUT2D eigenvalue weighted by Gasteiger charge is -2.26. The van der Waals surface area contributed by atoms with Crippen LogP contribution in [0.25, 0.3) is 0 Å². The first-order chi connectivity index (χ1) is 8.20. The van der Waals surface area contributed by atoms with Crippen LogP contribution in [-0.2, 0) is 4.79 Å². The van der Waals surface area contributed by atoms with E-state index in [0.29, 0.717) is 12.1 Å². The zero-order valence-corrected chi connectivity index (χ0v) is 12.0. The molecule has 0 heterocycles. The molecule has 0 bridgehead atoms. The summed E-state index contributed by atoms with van der Waals surface area (Å²) in [6.07, 6.45) is 0.460. The minimum atomic E-state index is -0.0424. The molecule has 0 saturated heterocycles. The highest BCUT2D eigenvalue weighted by Crippen LogP contribution is 2.29. The SMILES string of the molecule is CC(CC(=O)Nc1ccc(O)c(Cl)c1)C(C)(C)C. The molecule has 1 atom stereocenters. The summed E-state index contributed by atoms with van der Waals surface area (Å²) in [5, 5.41) is 12.3. The quantitative estimate of drug-likeness (QED) is 0.813. The van der Waals surface area contributed by atoms with Gasteiger partial charge in [0.15, 0.2) is 0 Å². The maximum Gasteiger partial charge on any atom is 0.224 e. The van der Waals surface area contributed by atoms with Crippen molar-refractivity contribution in [2.24, 2.45) is 11.3 Å². The number of nitrogens with one attached hydrogen (secondary N) is 1. The van der Waals surface area contributed by atoms with Crippen LogP contribution in [0.5, 0.6) is 5.75 Å². The third kappa shape index (κ3) is 4.22. The van der Waals surface area contributed by atoms with Gasteiger partial charge in [0.2, 0.25) is 5.91 Å². The summed E-state index contributed by atoms with van der Waals surface area (Å²) in [6, 6.07) is 4.63. The second kappa shape index (κ2) is 5.61. The predicted molar refractivity (Wildman–Crippen MR) is 75.0 cm³/mol. The van der Waals surface area contributed by atoms with Gasteiger partial charge in [-0.3, -0.25) is 4.79 Å². The molecule has 18 heavy (non-hydrogen) atoms. The van der Waals surface area contributed by atoms with Crippen LogP contribution < -0.4 is 5.32 Å². The molecule has 1 aromatic carbocycles. The van der Waals surface area contributed by atoms with Crippen LogP contribution in [0.4, 0.5) is 5.69 Å². The highest BCUT2D eigenvalue weighted by molar-refractivity contribution is 6.32. The molecule has 1 aromatic rings. The van der Waals surface area contributed by atoms with Crippen molar-refractivity contribution in [1.29, 1.82) is 0 Å². The lowest BCUT2D eigenvalue weighted by molar-refractivity contribution is -0.117. The van der Waals surface area contributed by atoms with Gasteiger partial charge in [0, 0.05) is 12.1 Å². The van der Waals surface area contributed by atoms with Gasteiger partial charge in [-0.25, -0.2) is 0 Å². The highest BCUT2D eigenvalue weighted by atomic mass is 35.5. The van der Waals surface area contributed by atoms with Crippen molar-refractivity contribution >= 4 is 23.2 Å². The van der Waals surface area contributed by atoms with Crippen LogP contribution in [0.15, 0.2) is 18.2 Å².